The molecule has 0 saturated heterocycles. The van der Waals surface area contributed by atoms with Crippen molar-refractivity contribution in [2.75, 3.05) is 13.4 Å². The molecule has 0 rings (SSSR count). The highest BCUT2D eigenvalue weighted by atomic mass is 16.3. The van der Waals surface area contributed by atoms with Crippen molar-refractivity contribution in [3.63, 3.8) is 0 Å². The van der Waals surface area contributed by atoms with E-state index in [2.05, 4.69) is 6.58 Å². The summed E-state index contributed by atoms with van der Waals surface area (Å²) in [6.07, 6.45) is 0. The summed E-state index contributed by atoms with van der Waals surface area (Å²) in [5, 5.41) is 8.53. The molecule has 0 saturated carbocycles. The first-order valence-corrected chi connectivity index (χ1v) is 2.89. The summed E-state index contributed by atoms with van der Waals surface area (Å²) in [6.45, 7) is 4.64. The summed E-state index contributed by atoms with van der Waals surface area (Å²) in [4.78, 5) is 12.0. The average molecular weight is 144 g/mol. The van der Waals surface area contributed by atoms with Crippen LogP contribution in [0.3, 0.4) is 0 Å². The van der Waals surface area contributed by atoms with Gasteiger partial charge in [0.25, 0.3) is 5.91 Å². The van der Waals surface area contributed by atoms with Crippen molar-refractivity contribution in [3.8, 4) is 0 Å². The third-order valence-corrected chi connectivity index (χ3v) is 1.04. The van der Waals surface area contributed by atoms with Gasteiger partial charge in [-0.2, -0.15) is 0 Å². The molecule has 3 N–H and O–H groups in total. The normalized spacial score (nSPS) is 9.10. The highest BCUT2D eigenvalue weighted by Crippen LogP contribution is 1.94. The van der Waals surface area contributed by atoms with Crippen LogP contribution in [0, 0.1) is 0 Å². The van der Waals surface area contributed by atoms with Crippen LogP contribution in [0.25, 0.3) is 0 Å². The van der Waals surface area contributed by atoms with Gasteiger partial charge in [0.05, 0.1) is 6.67 Å². The van der Waals surface area contributed by atoms with Gasteiger partial charge in [0.1, 0.15) is 6.73 Å². The Morgan fingerprint density at radius 3 is 2.40 bits per heavy atom. The number of carbonyl (C=O) groups is 1. The molecule has 0 atom stereocenters. The van der Waals surface area contributed by atoms with E-state index in [4.69, 9.17) is 10.8 Å². The quantitative estimate of drug-likeness (QED) is 0.405. The van der Waals surface area contributed by atoms with Crippen LogP contribution in [-0.4, -0.2) is 29.3 Å². The summed E-state index contributed by atoms with van der Waals surface area (Å²) in [5.74, 6) is -0.315. The van der Waals surface area contributed by atoms with Crippen molar-refractivity contribution in [1.82, 2.24) is 4.90 Å². The zero-order chi connectivity index (χ0) is 8.15. The first-order valence-electron chi connectivity index (χ1n) is 2.89. The first kappa shape index (κ1) is 9.13. The number of hydrogen-bond donors (Lipinski definition) is 2. The van der Waals surface area contributed by atoms with E-state index in [0.717, 1.165) is 4.90 Å². The van der Waals surface area contributed by atoms with Gasteiger partial charge >= 0.3 is 0 Å². The van der Waals surface area contributed by atoms with Gasteiger partial charge in [-0.15, -0.1) is 0 Å². The summed E-state index contributed by atoms with van der Waals surface area (Å²) in [6, 6.07) is 0. The Morgan fingerprint density at radius 2 is 2.30 bits per heavy atom. The van der Waals surface area contributed by atoms with E-state index < -0.39 is 0 Å². The molecule has 0 radical (unpaired) electrons. The zero-order valence-corrected chi connectivity index (χ0v) is 6.00. The van der Waals surface area contributed by atoms with Gasteiger partial charge in [-0.05, 0) is 6.92 Å². The second-order valence-electron chi connectivity index (χ2n) is 1.95. The lowest BCUT2D eigenvalue weighted by molar-refractivity contribution is -0.130. The maximum Gasteiger partial charge on any atom is 0.251 e. The van der Waals surface area contributed by atoms with Gasteiger partial charge in [0.15, 0.2) is 0 Å². The highest BCUT2D eigenvalue weighted by Gasteiger charge is 2.09. The SMILES string of the molecule is C=C(C)C(=O)N(CN)CO. The molecular formula is C6H12N2O2. The fraction of sp³-hybridized carbons (Fsp3) is 0.500. The minimum absolute atomic E-state index is 0.0161. The monoisotopic (exact) mass is 144 g/mol. The van der Waals surface area contributed by atoms with Gasteiger partial charge in [-0.1, -0.05) is 6.58 Å². The fourth-order valence-corrected chi connectivity index (χ4v) is 0.475. The number of aliphatic hydroxyl groups excluding tert-OH is 1. The number of rotatable bonds is 3. The maximum atomic E-state index is 10.9. The van der Waals surface area contributed by atoms with E-state index in [0.29, 0.717) is 5.57 Å². The summed E-state index contributed by atoms with van der Waals surface area (Å²) in [5.41, 5.74) is 5.50. The smallest absolute Gasteiger partial charge is 0.251 e. The third kappa shape index (κ3) is 2.16. The van der Waals surface area contributed by atoms with Crippen LogP contribution in [-0.2, 0) is 4.79 Å². The average Bonchev–Trinajstić information content (AvgIpc) is 1.90. The van der Waals surface area contributed by atoms with Crippen LogP contribution >= 0.6 is 0 Å². The molecule has 0 fully saturated rings. The molecule has 10 heavy (non-hydrogen) atoms. The Labute approximate surface area is 59.9 Å². The number of amides is 1. The molecule has 0 aliphatic carbocycles. The van der Waals surface area contributed by atoms with E-state index in [1.54, 1.807) is 6.92 Å². The number of hydrogen-bond acceptors (Lipinski definition) is 3. The molecule has 0 unspecified atom stereocenters. The van der Waals surface area contributed by atoms with Crippen LogP contribution in [0.15, 0.2) is 12.2 Å². The molecule has 0 aromatic heterocycles. The Kier molecular flexibility index (Phi) is 3.68. The molecule has 0 heterocycles. The van der Waals surface area contributed by atoms with Crippen molar-refractivity contribution in [1.29, 1.82) is 0 Å². The predicted molar refractivity (Wildman–Crippen MR) is 37.8 cm³/mol. The lowest BCUT2D eigenvalue weighted by Gasteiger charge is -2.16. The molecule has 0 spiro atoms. The molecule has 4 nitrogen and oxygen atoms in total. The molecule has 0 aliphatic rings. The molecule has 1 amide bonds. The third-order valence-electron chi connectivity index (χ3n) is 1.04. The summed E-state index contributed by atoms with van der Waals surface area (Å²) in [7, 11) is 0. The van der Waals surface area contributed by atoms with Gasteiger partial charge in [-0.3, -0.25) is 4.79 Å². The standard InChI is InChI=1S/C6H12N2O2/c1-5(2)6(10)8(3-7)4-9/h9H,1,3-4,7H2,2H3. The predicted octanol–water partition coefficient (Wildman–Crippen LogP) is -0.743. The van der Waals surface area contributed by atoms with Crippen molar-refractivity contribution in [2.45, 2.75) is 6.92 Å². The van der Waals surface area contributed by atoms with E-state index in [1.807, 2.05) is 0 Å². The van der Waals surface area contributed by atoms with Crippen molar-refractivity contribution < 1.29 is 9.90 Å². The fourth-order valence-electron chi connectivity index (χ4n) is 0.475. The number of nitrogens with zero attached hydrogens (tertiary/aromatic N) is 1. The van der Waals surface area contributed by atoms with E-state index >= 15 is 0 Å². The minimum Gasteiger partial charge on any atom is -0.376 e. The number of carbonyl (C=O) groups excluding carboxylic acids is 1. The van der Waals surface area contributed by atoms with E-state index in [1.165, 1.54) is 0 Å². The summed E-state index contributed by atoms with van der Waals surface area (Å²) < 4.78 is 0. The molecular weight excluding hydrogens is 132 g/mol. The van der Waals surface area contributed by atoms with Crippen molar-refractivity contribution >= 4 is 5.91 Å². The highest BCUT2D eigenvalue weighted by molar-refractivity contribution is 5.91. The second-order valence-corrected chi connectivity index (χ2v) is 1.95. The Hall–Kier alpha value is -0.870. The van der Waals surface area contributed by atoms with Gasteiger partial charge in [-0.25, -0.2) is 0 Å². The molecule has 0 aliphatic heterocycles. The maximum absolute atomic E-state index is 10.9. The lowest BCUT2D eigenvalue weighted by atomic mass is 10.3. The lowest BCUT2D eigenvalue weighted by Crippen LogP contribution is -2.36. The Morgan fingerprint density at radius 1 is 1.80 bits per heavy atom. The van der Waals surface area contributed by atoms with Crippen LogP contribution in [0.1, 0.15) is 6.92 Å². The molecule has 0 aromatic rings. The van der Waals surface area contributed by atoms with Crippen LogP contribution in [0.4, 0.5) is 0 Å². The molecule has 4 heteroatoms. The number of nitrogens with two attached hydrogens (primary N) is 1. The van der Waals surface area contributed by atoms with Gasteiger partial charge in [0.2, 0.25) is 0 Å². The number of aliphatic hydroxyl groups is 1. The van der Waals surface area contributed by atoms with E-state index in [-0.39, 0.29) is 19.3 Å². The van der Waals surface area contributed by atoms with Crippen LogP contribution in [0.2, 0.25) is 0 Å². The minimum atomic E-state index is -0.359. The first-order chi connectivity index (χ1) is 4.63. The van der Waals surface area contributed by atoms with Crippen molar-refractivity contribution in [3.05, 3.63) is 12.2 Å². The van der Waals surface area contributed by atoms with Crippen LogP contribution < -0.4 is 5.73 Å². The summed E-state index contributed by atoms with van der Waals surface area (Å²) >= 11 is 0. The van der Waals surface area contributed by atoms with Crippen LogP contribution in [0.5, 0.6) is 0 Å². The van der Waals surface area contributed by atoms with Gasteiger partial charge in [0, 0.05) is 5.57 Å². The topological polar surface area (TPSA) is 66.6 Å². The molecule has 0 aromatic carbocycles. The van der Waals surface area contributed by atoms with E-state index in [9.17, 15) is 4.79 Å². The van der Waals surface area contributed by atoms with Gasteiger partial charge < -0.3 is 15.7 Å². The molecule has 58 valence electrons. The van der Waals surface area contributed by atoms with Crippen molar-refractivity contribution in [2.24, 2.45) is 5.73 Å². The Bertz CT molecular complexity index is 141. The molecule has 0 bridgehead atoms. The largest absolute Gasteiger partial charge is 0.376 e. The second kappa shape index (κ2) is 4.03. The zero-order valence-electron chi connectivity index (χ0n) is 6.00. The Balaban J connectivity index is 4.02.